The van der Waals surface area contributed by atoms with Gasteiger partial charge in [0.05, 0.1) is 6.54 Å². The van der Waals surface area contributed by atoms with Crippen molar-refractivity contribution in [3.05, 3.63) is 75.4 Å². The number of pyridine rings is 1. The molecule has 0 bridgehead atoms. The Morgan fingerprint density at radius 3 is 2.45 bits per heavy atom. The van der Waals surface area contributed by atoms with E-state index < -0.39 is 24.5 Å². The van der Waals surface area contributed by atoms with Crippen LogP contribution in [0.4, 0.5) is 13.2 Å². The van der Waals surface area contributed by atoms with E-state index >= 15 is 0 Å². The van der Waals surface area contributed by atoms with Gasteiger partial charge < -0.3 is 5.11 Å². The SMILES string of the molecule is O=c1n(Cc2ncn(-c3cccnc3Cl)n2)nc(-c2ccc(Cl)cc2)n1CC(O)C(F)(F)F. The summed E-state index contributed by atoms with van der Waals surface area (Å²) in [5.41, 5.74) is -0.0878. The van der Waals surface area contributed by atoms with E-state index in [9.17, 15) is 23.1 Å². The second-order valence-electron chi connectivity index (χ2n) is 6.86. The highest BCUT2D eigenvalue weighted by molar-refractivity contribution is 6.31. The Hall–Kier alpha value is -3.22. The lowest BCUT2D eigenvalue weighted by atomic mass is 10.2. The number of aliphatic hydroxyl groups is 1. The number of halogens is 5. The van der Waals surface area contributed by atoms with Crippen LogP contribution in [0.1, 0.15) is 5.82 Å². The Morgan fingerprint density at radius 1 is 1.06 bits per heavy atom. The van der Waals surface area contributed by atoms with Crippen LogP contribution >= 0.6 is 23.2 Å². The molecule has 0 aliphatic rings. The van der Waals surface area contributed by atoms with Crippen LogP contribution in [0.25, 0.3) is 17.1 Å². The molecule has 1 unspecified atom stereocenters. The molecule has 0 aliphatic heterocycles. The lowest BCUT2D eigenvalue weighted by Gasteiger charge is -2.15. The lowest BCUT2D eigenvalue weighted by Crippen LogP contribution is -2.37. The van der Waals surface area contributed by atoms with E-state index in [4.69, 9.17) is 23.2 Å². The second kappa shape index (κ2) is 8.96. The Morgan fingerprint density at radius 2 is 1.79 bits per heavy atom. The first-order valence-electron chi connectivity index (χ1n) is 9.33. The van der Waals surface area contributed by atoms with E-state index in [0.717, 1.165) is 9.25 Å². The third-order valence-electron chi connectivity index (χ3n) is 4.58. The van der Waals surface area contributed by atoms with Gasteiger partial charge in [-0.25, -0.2) is 24.1 Å². The van der Waals surface area contributed by atoms with Gasteiger partial charge in [0.25, 0.3) is 0 Å². The second-order valence-corrected chi connectivity index (χ2v) is 7.65. The highest BCUT2D eigenvalue weighted by Crippen LogP contribution is 2.24. The first-order chi connectivity index (χ1) is 15.6. The average molecular weight is 500 g/mol. The van der Waals surface area contributed by atoms with Crippen LogP contribution in [0, 0.1) is 0 Å². The molecule has 0 saturated heterocycles. The van der Waals surface area contributed by atoms with Crippen molar-refractivity contribution in [3.8, 4) is 17.1 Å². The third kappa shape index (κ3) is 4.92. The van der Waals surface area contributed by atoms with Crippen molar-refractivity contribution in [2.75, 3.05) is 0 Å². The van der Waals surface area contributed by atoms with Crippen LogP contribution < -0.4 is 5.69 Å². The molecule has 0 saturated carbocycles. The third-order valence-corrected chi connectivity index (χ3v) is 5.12. The zero-order chi connectivity index (χ0) is 23.8. The maximum absolute atomic E-state index is 13.0. The zero-order valence-electron chi connectivity index (χ0n) is 16.5. The standard InChI is InChI=1S/C19H14Cl2F3N7O2/c20-12-5-3-11(4-6-12)17-28-30(18(33)29(17)8-14(32)19(22,23)24)9-15-26-10-31(27-15)13-2-1-7-25-16(13)21/h1-7,10,14,32H,8-9H2. The lowest BCUT2D eigenvalue weighted by molar-refractivity contribution is -0.207. The molecule has 0 spiro atoms. The van der Waals surface area contributed by atoms with Gasteiger partial charge in [0.1, 0.15) is 18.6 Å². The van der Waals surface area contributed by atoms with Crippen LogP contribution in [-0.4, -0.2) is 51.5 Å². The minimum atomic E-state index is -4.91. The van der Waals surface area contributed by atoms with Crippen LogP contribution in [0.15, 0.2) is 53.7 Å². The fraction of sp³-hybridized carbons (Fsp3) is 0.211. The van der Waals surface area contributed by atoms with E-state index in [2.05, 4.69) is 20.2 Å². The fourth-order valence-electron chi connectivity index (χ4n) is 2.97. The van der Waals surface area contributed by atoms with Crippen molar-refractivity contribution in [1.82, 2.24) is 34.1 Å². The summed E-state index contributed by atoms with van der Waals surface area (Å²) in [6.45, 7) is -1.27. The van der Waals surface area contributed by atoms with Gasteiger partial charge in [0.2, 0.25) is 0 Å². The van der Waals surface area contributed by atoms with E-state index in [1.54, 1.807) is 12.1 Å². The van der Waals surface area contributed by atoms with Gasteiger partial charge in [-0.15, -0.1) is 10.2 Å². The van der Waals surface area contributed by atoms with E-state index in [0.29, 0.717) is 16.3 Å². The van der Waals surface area contributed by atoms with E-state index in [-0.39, 0.29) is 23.3 Å². The number of aromatic nitrogens is 7. The van der Waals surface area contributed by atoms with Gasteiger partial charge in [-0.3, -0.25) is 4.57 Å². The first kappa shape index (κ1) is 23.0. The largest absolute Gasteiger partial charge is 0.416 e. The number of hydrogen-bond acceptors (Lipinski definition) is 6. The molecular formula is C19H14Cl2F3N7O2. The van der Waals surface area contributed by atoms with Crippen molar-refractivity contribution in [1.29, 1.82) is 0 Å². The molecule has 4 rings (SSSR count). The quantitative estimate of drug-likeness (QED) is 0.409. The van der Waals surface area contributed by atoms with E-state index in [1.807, 2.05) is 0 Å². The Labute approximate surface area is 193 Å². The topological polar surface area (TPSA) is 104 Å². The molecular weight excluding hydrogens is 486 g/mol. The molecule has 0 aliphatic carbocycles. The summed E-state index contributed by atoms with van der Waals surface area (Å²) in [5.74, 6) is 0.0791. The van der Waals surface area contributed by atoms with Gasteiger partial charge >= 0.3 is 11.9 Å². The van der Waals surface area contributed by atoms with Gasteiger partial charge in [-0.2, -0.15) is 13.2 Å². The van der Waals surface area contributed by atoms with Gasteiger partial charge in [-0.1, -0.05) is 23.2 Å². The fourth-order valence-corrected chi connectivity index (χ4v) is 3.30. The van der Waals surface area contributed by atoms with Crippen molar-refractivity contribution in [2.45, 2.75) is 25.4 Å². The minimum Gasteiger partial charge on any atom is -0.382 e. The summed E-state index contributed by atoms with van der Waals surface area (Å²) in [5, 5.41) is 18.5. The Balaban J connectivity index is 1.71. The smallest absolute Gasteiger partial charge is 0.382 e. The number of hydrogen-bond donors (Lipinski definition) is 1. The highest BCUT2D eigenvalue weighted by Gasteiger charge is 2.39. The summed E-state index contributed by atoms with van der Waals surface area (Å²) in [4.78, 5) is 20.9. The summed E-state index contributed by atoms with van der Waals surface area (Å²) < 4.78 is 41.9. The Kier molecular flexibility index (Phi) is 6.23. The van der Waals surface area contributed by atoms with Crippen molar-refractivity contribution in [3.63, 3.8) is 0 Å². The number of benzene rings is 1. The number of nitrogens with zero attached hydrogens (tertiary/aromatic N) is 7. The molecule has 3 heterocycles. The molecule has 33 heavy (non-hydrogen) atoms. The molecule has 1 atom stereocenters. The van der Waals surface area contributed by atoms with Crippen LogP contribution in [0.2, 0.25) is 10.2 Å². The molecule has 0 radical (unpaired) electrons. The predicted octanol–water partition coefficient (Wildman–Crippen LogP) is 2.97. The van der Waals surface area contributed by atoms with Crippen LogP contribution in [0.3, 0.4) is 0 Å². The number of alkyl halides is 3. The van der Waals surface area contributed by atoms with Gasteiger partial charge in [0, 0.05) is 16.8 Å². The molecule has 0 amide bonds. The summed E-state index contributed by atoms with van der Waals surface area (Å²) >= 11 is 11.9. The maximum atomic E-state index is 13.0. The molecule has 172 valence electrons. The molecule has 4 aromatic rings. The van der Waals surface area contributed by atoms with Gasteiger partial charge in [-0.05, 0) is 36.4 Å². The molecule has 1 N–H and O–H groups in total. The number of aliphatic hydroxyl groups excluding tert-OH is 1. The minimum absolute atomic E-state index is 0.0743. The van der Waals surface area contributed by atoms with Crippen molar-refractivity contribution in [2.24, 2.45) is 0 Å². The summed E-state index contributed by atoms with van der Waals surface area (Å²) in [7, 11) is 0. The Bertz CT molecular complexity index is 1330. The molecule has 3 aromatic heterocycles. The van der Waals surface area contributed by atoms with Gasteiger partial charge in [0.15, 0.2) is 22.9 Å². The monoisotopic (exact) mass is 499 g/mol. The van der Waals surface area contributed by atoms with E-state index in [1.165, 1.54) is 41.5 Å². The zero-order valence-corrected chi connectivity index (χ0v) is 18.0. The predicted molar refractivity (Wildman–Crippen MR) is 112 cm³/mol. The van der Waals surface area contributed by atoms with Crippen molar-refractivity contribution < 1.29 is 18.3 Å². The van der Waals surface area contributed by atoms with Crippen LogP contribution in [0.5, 0.6) is 0 Å². The first-order valence-corrected chi connectivity index (χ1v) is 10.1. The highest BCUT2D eigenvalue weighted by atomic mass is 35.5. The molecule has 0 fully saturated rings. The number of rotatable bonds is 6. The van der Waals surface area contributed by atoms with Crippen molar-refractivity contribution >= 4 is 23.2 Å². The average Bonchev–Trinajstić information content (AvgIpc) is 3.34. The molecule has 14 heteroatoms. The normalized spacial score (nSPS) is 12.8. The summed E-state index contributed by atoms with van der Waals surface area (Å²) in [6, 6.07) is 9.33. The molecule has 9 nitrogen and oxygen atoms in total. The summed E-state index contributed by atoms with van der Waals surface area (Å²) in [6.07, 6.45) is -4.82. The maximum Gasteiger partial charge on any atom is 0.416 e. The molecule has 1 aromatic carbocycles. The van der Waals surface area contributed by atoms with Crippen LogP contribution in [-0.2, 0) is 13.1 Å².